The van der Waals surface area contributed by atoms with Crippen molar-refractivity contribution < 1.29 is 18.7 Å². The highest BCUT2D eigenvalue weighted by Crippen LogP contribution is 2.42. The van der Waals surface area contributed by atoms with Crippen molar-refractivity contribution in [3.8, 4) is 22.2 Å². The summed E-state index contributed by atoms with van der Waals surface area (Å²) in [6, 6.07) is 14.3. The van der Waals surface area contributed by atoms with Gasteiger partial charge in [0, 0.05) is 23.0 Å². The van der Waals surface area contributed by atoms with Crippen molar-refractivity contribution in [3.63, 3.8) is 0 Å². The second-order valence-electron chi connectivity index (χ2n) is 7.94. The molecule has 2 aromatic carbocycles. The lowest BCUT2D eigenvalue weighted by Crippen LogP contribution is -2.39. The Morgan fingerprint density at radius 1 is 1.11 bits per heavy atom. The molecule has 0 saturated carbocycles. The Hall–Kier alpha value is -4.05. The van der Waals surface area contributed by atoms with E-state index in [9.17, 15) is 9.18 Å². The van der Waals surface area contributed by atoms with E-state index in [1.165, 1.54) is 35.6 Å². The lowest BCUT2D eigenvalue weighted by atomic mass is 9.87. The monoisotopic (exact) mass is 491 g/mol. The smallest absolute Gasteiger partial charge is 0.248 e. The highest BCUT2D eigenvalue weighted by Gasteiger charge is 2.41. The molecule has 1 amide bonds. The van der Waals surface area contributed by atoms with Gasteiger partial charge in [-0.2, -0.15) is 4.98 Å². The summed E-state index contributed by atoms with van der Waals surface area (Å²) in [6.07, 6.45) is 0. The molecule has 8 nitrogen and oxygen atoms in total. The molecular weight excluding hydrogens is 469 g/mol. The number of aromatic nitrogens is 3. The zero-order valence-corrected chi connectivity index (χ0v) is 20.0. The van der Waals surface area contributed by atoms with Gasteiger partial charge in [-0.1, -0.05) is 6.07 Å². The lowest BCUT2D eigenvalue weighted by Gasteiger charge is -2.31. The van der Waals surface area contributed by atoms with Gasteiger partial charge in [-0.15, -0.1) is 16.4 Å². The topological polar surface area (TPSA) is 90.6 Å². The number of aliphatic imine (C=N–C) groups is 1. The van der Waals surface area contributed by atoms with Crippen LogP contribution in [0, 0.1) is 11.7 Å². The predicted molar refractivity (Wildman–Crippen MR) is 132 cm³/mol. The second-order valence-corrected chi connectivity index (χ2v) is 8.88. The molecule has 178 valence electrons. The number of amides is 1. The van der Waals surface area contributed by atoms with Crippen molar-refractivity contribution in [3.05, 3.63) is 71.4 Å². The van der Waals surface area contributed by atoms with Gasteiger partial charge in [0.2, 0.25) is 11.9 Å². The summed E-state index contributed by atoms with van der Waals surface area (Å²) in [5.74, 6) is 0.683. The zero-order chi connectivity index (χ0) is 24.5. The van der Waals surface area contributed by atoms with E-state index >= 15 is 0 Å². The van der Waals surface area contributed by atoms with E-state index in [0.717, 1.165) is 10.4 Å². The molecule has 2 atom stereocenters. The number of hydrogen-bond donors (Lipinski definition) is 1. The van der Waals surface area contributed by atoms with Crippen molar-refractivity contribution in [1.29, 1.82) is 0 Å². The Morgan fingerprint density at radius 2 is 1.91 bits per heavy atom. The number of carbonyl (C=O) groups is 1. The number of carbonyl (C=O) groups excluding carboxylic acids is 1. The van der Waals surface area contributed by atoms with Crippen LogP contribution in [0.25, 0.3) is 10.7 Å². The first-order valence-corrected chi connectivity index (χ1v) is 11.7. The normalized spacial score (nSPS) is 16.9. The van der Waals surface area contributed by atoms with E-state index < -0.39 is 12.0 Å². The van der Waals surface area contributed by atoms with Crippen LogP contribution >= 0.6 is 11.3 Å². The molecule has 0 bridgehead atoms. The van der Waals surface area contributed by atoms with E-state index in [0.29, 0.717) is 34.7 Å². The van der Waals surface area contributed by atoms with E-state index in [4.69, 9.17) is 14.6 Å². The second kappa shape index (κ2) is 9.30. The van der Waals surface area contributed by atoms with Gasteiger partial charge in [0.1, 0.15) is 29.3 Å². The van der Waals surface area contributed by atoms with E-state index in [1.54, 1.807) is 31.9 Å². The number of nitrogens with one attached hydrogen (secondary N) is 1. The number of methoxy groups -OCH3 is 2. The SMILES string of the molecule is COc1ccc(C2C(C(=O)Nc3ccc(F)cc3)C(C)=Nc3nc(-c4cccs4)nn32)c(OC)c1. The third-order valence-corrected chi connectivity index (χ3v) is 6.68. The predicted octanol–water partition coefficient (Wildman–Crippen LogP) is 5.11. The molecule has 0 saturated heterocycles. The maximum absolute atomic E-state index is 13.6. The number of hydrogen-bond acceptors (Lipinski definition) is 7. The van der Waals surface area contributed by atoms with Crippen LogP contribution in [0.1, 0.15) is 18.5 Å². The third-order valence-electron chi connectivity index (χ3n) is 5.81. The number of fused-ring (bicyclic) bond motifs is 1. The third kappa shape index (κ3) is 4.28. The zero-order valence-electron chi connectivity index (χ0n) is 19.2. The minimum Gasteiger partial charge on any atom is -0.497 e. The molecule has 35 heavy (non-hydrogen) atoms. The summed E-state index contributed by atoms with van der Waals surface area (Å²) in [7, 11) is 3.14. The van der Waals surface area contributed by atoms with E-state index in [2.05, 4.69) is 15.3 Å². The molecule has 0 aliphatic carbocycles. The van der Waals surface area contributed by atoms with Gasteiger partial charge in [0.25, 0.3) is 0 Å². The van der Waals surface area contributed by atoms with E-state index in [-0.39, 0.29) is 11.7 Å². The van der Waals surface area contributed by atoms with E-state index in [1.807, 2.05) is 29.6 Å². The van der Waals surface area contributed by atoms with Crippen LogP contribution in [0.5, 0.6) is 11.5 Å². The molecular formula is C25H22FN5O3S. The molecule has 0 radical (unpaired) electrons. The molecule has 1 aliphatic rings. The average Bonchev–Trinajstić information content (AvgIpc) is 3.54. The number of rotatable bonds is 6. The molecule has 5 rings (SSSR count). The standard InChI is InChI=1S/C25H22FN5O3S/c1-14-21(24(32)28-16-8-6-15(26)7-9-16)22(18-11-10-17(33-2)13-19(18)34-3)31-25(27-14)29-23(30-31)20-5-4-12-35-20/h4-13,21-22H,1-3H3,(H,28,32). The van der Waals surface area contributed by atoms with Gasteiger partial charge >= 0.3 is 0 Å². The van der Waals surface area contributed by atoms with Crippen LogP contribution in [0.2, 0.25) is 0 Å². The van der Waals surface area contributed by atoms with Gasteiger partial charge in [-0.3, -0.25) is 4.79 Å². The molecule has 2 aromatic heterocycles. The molecule has 0 spiro atoms. The van der Waals surface area contributed by atoms with Crippen LogP contribution in [0.3, 0.4) is 0 Å². The number of halogens is 1. The molecule has 4 aromatic rings. The number of benzene rings is 2. The van der Waals surface area contributed by atoms with Crippen molar-refractivity contribution in [2.75, 3.05) is 19.5 Å². The van der Waals surface area contributed by atoms with Gasteiger partial charge in [0.15, 0.2) is 5.82 Å². The summed E-state index contributed by atoms with van der Waals surface area (Å²) in [5, 5.41) is 9.58. The minimum absolute atomic E-state index is 0.306. The highest BCUT2D eigenvalue weighted by atomic mass is 32.1. The quantitative estimate of drug-likeness (QED) is 0.405. The molecule has 10 heteroatoms. The molecule has 0 fully saturated rings. The fraction of sp³-hybridized carbons (Fsp3) is 0.200. The number of ether oxygens (including phenoxy) is 2. The Balaban J connectivity index is 1.63. The summed E-state index contributed by atoms with van der Waals surface area (Å²) in [6.45, 7) is 1.79. The van der Waals surface area contributed by atoms with Gasteiger partial charge in [-0.05, 0) is 54.8 Å². The number of thiophene rings is 1. The summed E-state index contributed by atoms with van der Waals surface area (Å²) in [5.41, 5.74) is 1.78. The molecule has 1 N–H and O–H groups in total. The fourth-order valence-corrected chi connectivity index (χ4v) is 4.80. The number of nitrogens with zero attached hydrogens (tertiary/aromatic N) is 4. The first-order valence-electron chi connectivity index (χ1n) is 10.8. The molecule has 3 heterocycles. The van der Waals surface area contributed by atoms with Crippen molar-refractivity contribution >= 4 is 34.6 Å². The van der Waals surface area contributed by atoms with Gasteiger partial charge in [-0.25, -0.2) is 14.1 Å². The summed E-state index contributed by atoms with van der Waals surface area (Å²) in [4.78, 5) is 23.8. The van der Waals surface area contributed by atoms with Crippen LogP contribution in [-0.2, 0) is 4.79 Å². The van der Waals surface area contributed by atoms with Gasteiger partial charge in [0.05, 0.1) is 19.1 Å². The minimum atomic E-state index is -0.729. The van der Waals surface area contributed by atoms with Crippen molar-refractivity contribution in [1.82, 2.24) is 14.8 Å². The van der Waals surface area contributed by atoms with Crippen LogP contribution in [0.4, 0.5) is 16.0 Å². The average molecular weight is 492 g/mol. The van der Waals surface area contributed by atoms with Crippen LogP contribution in [-0.4, -0.2) is 40.6 Å². The highest BCUT2D eigenvalue weighted by molar-refractivity contribution is 7.13. The van der Waals surface area contributed by atoms with Crippen LogP contribution in [0.15, 0.2) is 65.0 Å². The fourth-order valence-electron chi connectivity index (χ4n) is 4.15. The maximum Gasteiger partial charge on any atom is 0.248 e. The molecule has 1 aliphatic heterocycles. The number of anilines is 1. The molecule has 2 unspecified atom stereocenters. The lowest BCUT2D eigenvalue weighted by molar-refractivity contribution is -0.118. The van der Waals surface area contributed by atoms with Crippen LogP contribution < -0.4 is 14.8 Å². The van der Waals surface area contributed by atoms with Gasteiger partial charge < -0.3 is 14.8 Å². The summed E-state index contributed by atoms with van der Waals surface area (Å²) < 4.78 is 26.1. The Labute approximate surface area is 205 Å². The maximum atomic E-state index is 13.6. The van der Waals surface area contributed by atoms with Crippen molar-refractivity contribution in [2.24, 2.45) is 10.9 Å². The first-order chi connectivity index (χ1) is 17.0. The summed E-state index contributed by atoms with van der Waals surface area (Å²) >= 11 is 1.52. The first kappa shape index (κ1) is 22.7. The Kier molecular flexibility index (Phi) is 6.04. The Bertz CT molecular complexity index is 1400. The van der Waals surface area contributed by atoms with Crippen molar-refractivity contribution in [2.45, 2.75) is 13.0 Å². The largest absolute Gasteiger partial charge is 0.497 e. The Morgan fingerprint density at radius 3 is 2.60 bits per heavy atom.